The molecular weight excluding hydrogens is 358 g/mol. The number of nitrogens with one attached hydrogen (secondary N) is 1. The lowest BCUT2D eigenvalue weighted by Gasteiger charge is -2.26. The smallest absolute Gasteiger partial charge is 0.320 e. The second-order valence-corrected chi connectivity index (χ2v) is 6.49. The van der Waals surface area contributed by atoms with Gasteiger partial charge in [0.2, 0.25) is 0 Å². The number of H-pyrrole nitrogens is 1. The normalized spacial score (nSPS) is 14.0. The summed E-state index contributed by atoms with van der Waals surface area (Å²) in [5.74, 6) is -0.226. The molecule has 0 radical (unpaired) electrons. The van der Waals surface area contributed by atoms with E-state index in [1.165, 1.54) is 11.9 Å². The molecule has 5 nitrogen and oxygen atoms in total. The maximum Gasteiger partial charge on any atom is 0.320 e. The first-order valence-electron chi connectivity index (χ1n) is 7.40. The maximum atomic E-state index is 12.6. The van der Waals surface area contributed by atoms with E-state index in [2.05, 4.69) is 27.0 Å². The summed E-state index contributed by atoms with van der Waals surface area (Å²) in [6.45, 7) is 1.12. The van der Waals surface area contributed by atoms with Crippen molar-refractivity contribution in [3.8, 4) is 0 Å². The number of hydrogen-bond acceptors (Lipinski definition) is 2. The fourth-order valence-corrected chi connectivity index (χ4v) is 3.60. The Labute approximate surface area is 141 Å². The Morgan fingerprint density at radius 3 is 2.96 bits per heavy atom. The molecule has 4 rings (SSSR count). The lowest BCUT2D eigenvalue weighted by Crippen LogP contribution is -2.43. The summed E-state index contributed by atoms with van der Waals surface area (Å²) in [4.78, 5) is 17.8. The van der Waals surface area contributed by atoms with Crippen molar-refractivity contribution in [2.24, 2.45) is 0 Å². The number of aromatic amines is 1. The van der Waals surface area contributed by atoms with Gasteiger partial charge in [-0.05, 0) is 28.1 Å². The van der Waals surface area contributed by atoms with Gasteiger partial charge in [-0.25, -0.2) is 0 Å². The lowest BCUT2D eigenvalue weighted by atomic mass is 10.0. The number of halogens is 1. The summed E-state index contributed by atoms with van der Waals surface area (Å²) in [6.07, 6.45) is 2.11. The lowest BCUT2D eigenvalue weighted by molar-refractivity contribution is -0.608. The van der Waals surface area contributed by atoms with Gasteiger partial charge in [-0.15, -0.1) is 0 Å². The molecule has 1 N–H and O–H groups in total. The van der Waals surface area contributed by atoms with E-state index in [0.29, 0.717) is 17.8 Å². The molecule has 0 atom stereocenters. The highest BCUT2D eigenvalue weighted by Crippen LogP contribution is 2.32. The molecule has 1 aromatic carbocycles. The number of carbonyl (C=O) groups is 1. The van der Waals surface area contributed by atoms with Crippen LogP contribution < -0.4 is 4.73 Å². The molecular formula is C17H14BrN3O2. The second kappa shape index (κ2) is 5.38. The van der Waals surface area contributed by atoms with E-state index in [1.807, 2.05) is 12.1 Å². The van der Waals surface area contributed by atoms with Gasteiger partial charge in [-0.3, -0.25) is 4.79 Å². The van der Waals surface area contributed by atoms with Gasteiger partial charge in [0, 0.05) is 52.8 Å². The quantitative estimate of drug-likeness (QED) is 0.528. The van der Waals surface area contributed by atoms with E-state index < -0.39 is 0 Å². The summed E-state index contributed by atoms with van der Waals surface area (Å²) in [6, 6.07) is 10.9. The molecule has 1 aliphatic rings. The zero-order valence-corrected chi connectivity index (χ0v) is 13.8. The molecule has 6 heteroatoms. The molecule has 1 aliphatic heterocycles. The monoisotopic (exact) mass is 371 g/mol. The Morgan fingerprint density at radius 1 is 1.26 bits per heavy atom. The van der Waals surface area contributed by atoms with Gasteiger partial charge in [0.1, 0.15) is 0 Å². The van der Waals surface area contributed by atoms with Crippen molar-refractivity contribution < 1.29 is 9.52 Å². The van der Waals surface area contributed by atoms with Crippen molar-refractivity contribution in [2.75, 3.05) is 6.54 Å². The maximum absolute atomic E-state index is 12.6. The molecule has 0 fully saturated rings. The van der Waals surface area contributed by atoms with Crippen molar-refractivity contribution in [3.63, 3.8) is 0 Å². The van der Waals surface area contributed by atoms with Gasteiger partial charge in [-0.1, -0.05) is 12.1 Å². The molecule has 0 saturated heterocycles. The average Bonchev–Trinajstić information content (AvgIpc) is 2.94. The van der Waals surface area contributed by atoms with Gasteiger partial charge in [-0.2, -0.15) is 4.73 Å². The van der Waals surface area contributed by atoms with E-state index in [4.69, 9.17) is 0 Å². The summed E-state index contributed by atoms with van der Waals surface area (Å²) >= 11 is 3.56. The van der Waals surface area contributed by atoms with Crippen LogP contribution in [0.4, 0.5) is 0 Å². The van der Waals surface area contributed by atoms with Crippen LogP contribution in [0.5, 0.6) is 0 Å². The van der Waals surface area contributed by atoms with Gasteiger partial charge < -0.3 is 15.1 Å². The predicted molar refractivity (Wildman–Crippen MR) is 89.8 cm³/mol. The Kier molecular flexibility index (Phi) is 3.34. The molecule has 2 aromatic heterocycles. The third-order valence-corrected chi connectivity index (χ3v) is 4.95. The topological polar surface area (TPSA) is 63.0 Å². The van der Waals surface area contributed by atoms with Gasteiger partial charge in [0.15, 0.2) is 6.20 Å². The van der Waals surface area contributed by atoms with Crippen LogP contribution in [0.1, 0.15) is 21.7 Å². The molecule has 3 heterocycles. The fourth-order valence-electron chi connectivity index (χ4n) is 3.13. The summed E-state index contributed by atoms with van der Waals surface area (Å²) < 4.78 is 1.65. The number of nitrogens with zero attached hydrogens (tertiary/aromatic N) is 2. The molecule has 1 amide bonds. The van der Waals surface area contributed by atoms with Gasteiger partial charge in [0.25, 0.3) is 5.69 Å². The van der Waals surface area contributed by atoms with E-state index >= 15 is 0 Å². The van der Waals surface area contributed by atoms with Crippen molar-refractivity contribution in [1.29, 1.82) is 0 Å². The van der Waals surface area contributed by atoms with Crippen LogP contribution in [0.2, 0.25) is 0 Å². The Bertz CT molecular complexity index is 919. The Morgan fingerprint density at radius 2 is 2.13 bits per heavy atom. The molecule has 116 valence electrons. The van der Waals surface area contributed by atoms with Crippen LogP contribution in [-0.2, 0) is 13.0 Å². The number of benzene rings is 1. The van der Waals surface area contributed by atoms with Crippen LogP contribution in [0.3, 0.4) is 0 Å². The van der Waals surface area contributed by atoms with Gasteiger partial charge in [0.05, 0.1) is 5.52 Å². The largest absolute Gasteiger partial charge is 0.618 e. The van der Waals surface area contributed by atoms with E-state index in [0.717, 1.165) is 27.4 Å². The minimum atomic E-state index is -0.226. The first-order chi connectivity index (χ1) is 11.1. The molecule has 0 spiro atoms. The first kappa shape index (κ1) is 14.3. The Hall–Kier alpha value is -2.34. The number of aromatic nitrogens is 2. The van der Waals surface area contributed by atoms with Crippen LogP contribution in [0, 0.1) is 5.21 Å². The number of rotatable bonds is 1. The van der Waals surface area contributed by atoms with Crippen LogP contribution in [0.15, 0.2) is 47.1 Å². The number of pyridine rings is 1. The highest BCUT2D eigenvalue weighted by atomic mass is 79.9. The average molecular weight is 372 g/mol. The predicted octanol–water partition coefficient (Wildman–Crippen LogP) is 2.76. The SMILES string of the molecule is O=C(c1cccc[n+]1[O-])N1CCc2[nH]c3c(Br)cccc3c2C1. The van der Waals surface area contributed by atoms with Crippen molar-refractivity contribution in [3.05, 3.63) is 69.2 Å². The first-order valence-corrected chi connectivity index (χ1v) is 8.20. The second-order valence-electron chi connectivity index (χ2n) is 5.63. The zero-order valence-electron chi connectivity index (χ0n) is 12.3. The minimum Gasteiger partial charge on any atom is -0.618 e. The fraction of sp³-hybridized carbons (Fsp3) is 0.176. The van der Waals surface area contributed by atoms with E-state index in [1.54, 1.807) is 23.1 Å². The molecule has 3 aromatic rings. The molecule has 23 heavy (non-hydrogen) atoms. The Balaban J connectivity index is 1.71. The van der Waals surface area contributed by atoms with E-state index in [-0.39, 0.29) is 11.6 Å². The van der Waals surface area contributed by atoms with E-state index in [9.17, 15) is 10.0 Å². The van der Waals surface area contributed by atoms with Crippen LogP contribution in [-0.4, -0.2) is 22.3 Å². The minimum absolute atomic E-state index is 0.164. The molecule has 0 bridgehead atoms. The highest BCUT2D eigenvalue weighted by Gasteiger charge is 2.28. The summed E-state index contributed by atoms with van der Waals surface area (Å²) in [5, 5.41) is 12.9. The molecule has 0 unspecified atom stereocenters. The van der Waals surface area contributed by atoms with Crippen LogP contribution in [0.25, 0.3) is 10.9 Å². The number of carbonyl (C=O) groups excluding carboxylic acids is 1. The molecule has 0 aliphatic carbocycles. The standard InChI is InChI=1S/C17H14BrN3O2/c18-13-5-3-4-11-12-10-20(9-7-14(12)19-16(11)13)17(22)15-6-1-2-8-21(15)23/h1-6,8,19H,7,9-10H2. The van der Waals surface area contributed by atoms with Crippen molar-refractivity contribution >= 4 is 32.7 Å². The number of amides is 1. The van der Waals surface area contributed by atoms with Crippen molar-refractivity contribution in [1.82, 2.24) is 9.88 Å². The summed E-state index contributed by atoms with van der Waals surface area (Å²) in [7, 11) is 0. The third-order valence-electron chi connectivity index (χ3n) is 4.29. The summed E-state index contributed by atoms with van der Waals surface area (Å²) in [5.41, 5.74) is 3.52. The zero-order chi connectivity index (χ0) is 16.0. The van der Waals surface area contributed by atoms with Crippen molar-refractivity contribution in [2.45, 2.75) is 13.0 Å². The number of para-hydroxylation sites is 1. The highest BCUT2D eigenvalue weighted by molar-refractivity contribution is 9.10. The number of hydrogen-bond donors (Lipinski definition) is 1. The third kappa shape index (κ3) is 2.30. The molecule has 0 saturated carbocycles. The van der Waals surface area contributed by atoms with Crippen LogP contribution >= 0.6 is 15.9 Å². The number of fused-ring (bicyclic) bond motifs is 3. The van der Waals surface area contributed by atoms with Gasteiger partial charge >= 0.3 is 5.91 Å².